The van der Waals surface area contributed by atoms with Crippen LogP contribution in [0.1, 0.15) is 16.1 Å². The first-order valence-corrected chi connectivity index (χ1v) is 7.94. The molecule has 1 aliphatic rings. The van der Waals surface area contributed by atoms with Crippen molar-refractivity contribution in [2.45, 2.75) is 24.7 Å². The highest BCUT2D eigenvalue weighted by atomic mass is 32.2. The predicted molar refractivity (Wildman–Crippen MR) is 73.7 cm³/mol. The van der Waals surface area contributed by atoms with Crippen molar-refractivity contribution in [1.29, 1.82) is 0 Å². The molecule has 2 aromatic heterocycles. The van der Waals surface area contributed by atoms with Gasteiger partial charge in [0.2, 0.25) is 0 Å². The molecule has 0 radical (unpaired) electrons. The van der Waals surface area contributed by atoms with Crippen molar-refractivity contribution in [3.05, 3.63) is 34.0 Å². The van der Waals surface area contributed by atoms with E-state index in [0.717, 1.165) is 31.2 Å². The Bertz CT molecular complexity index is 527. The summed E-state index contributed by atoms with van der Waals surface area (Å²) < 4.78 is 0. The summed E-state index contributed by atoms with van der Waals surface area (Å²) in [6.07, 6.45) is 6.96. The molecule has 3 heterocycles. The maximum atomic E-state index is 4.58. The first-order chi connectivity index (χ1) is 8.85. The van der Waals surface area contributed by atoms with Crippen molar-refractivity contribution in [3.63, 3.8) is 0 Å². The quantitative estimate of drug-likeness (QED) is 0.636. The van der Waals surface area contributed by atoms with E-state index < -0.39 is 0 Å². The number of fused-ring (bicyclic) bond motifs is 1. The van der Waals surface area contributed by atoms with Crippen LogP contribution >= 0.6 is 23.1 Å². The van der Waals surface area contributed by atoms with Crippen LogP contribution in [0.15, 0.2) is 23.1 Å². The number of aromatic nitrogens is 3. The van der Waals surface area contributed by atoms with Crippen LogP contribution in [0, 0.1) is 0 Å². The molecule has 0 amide bonds. The van der Waals surface area contributed by atoms with Crippen LogP contribution in [0.2, 0.25) is 0 Å². The molecule has 2 aromatic rings. The molecule has 1 aliphatic heterocycles. The Morgan fingerprint density at radius 3 is 3.17 bits per heavy atom. The van der Waals surface area contributed by atoms with Gasteiger partial charge in [0.15, 0.2) is 5.16 Å². The molecule has 0 fully saturated rings. The number of hydrogen-bond acceptors (Lipinski definition) is 6. The Morgan fingerprint density at radius 2 is 2.39 bits per heavy atom. The van der Waals surface area contributed by atoms with Crippen molar-refractivity contribution in [3.8, 4) is 0 Å². The van der Waals surface area contributed by atoms with Gasteiger partial charge in [0.25, 0.3) is 0 Å². The lowest BCUT2D eigenvalue weighted by Crippen LogP contribution is -2.30. The van der Waals surface area contributed by atoms with Crippen molar-refractivity contribution < 1.29 is 0 Å². The van der Waals surface area contributed by atoms with Crippen molar-refractivity contribution in [2.24, 2.45) is 0 Å². The van der Waals surface area contributed by atoms with E-state index in [4.69, 9.17) is 0 Å². The Labute approximate surface area is 114 Å². The van der Waals surface area contributed by atoms with E-state index >= 15 is 0 Å². The summed E-state index contributed by atoms with van der Waals surface area (Å²) in [5, 5.41) is 0.879. The zero-order valence-electron chi connectivity index (χ0n) is 10.2. The van der Waals surface area contributed by atoms with Crippen molar-refractivity contribution >= 4 is 23.1 Å². The van der Waals surface area contributed by atoms with E-state index in [2.05, 4.69) is 19.9 Å². The Kier molecular flexibility index (Phi) is 3.58. The number of thiazole rings is 1. The Balaban J connectivity index is 1.73. The molecule has 0 saturated heterocycles. The number of thioether (sulfide) groups is 1. The van der Waals surface area contributed by atoms with Crippen LogP contribution in [-0.4, -0.2) is 32.7 Å². The Hall–Kier alpha value is -0.980. The van der Waals surface area contributed by atoms with Gasteiger partial charge in [0.05, 0.1) is 11.2 Å². The molecule has 4 nitrogen and oxygen atoms in total. The summed E-state index contributed by atoms with van der Waals surface area (Å²) in [5.41, 5.74) is 4.37. The van der Waals surface area contributed by atoms with Gasteiger partial charge in [0.1, 0.15) is 0 Å². The lowest BCUT2D eigenvalue weighted by Gasteiger charge is -2.27. The van der Waals surface area contributed by atoms with Gasteiger partial charge in [-0.05, 0) is 6.26 Å². The summed E-state index contributed by atoms with van der Waals surface area (Å²) in [7, 11) is 0. The van der Waals surface area contributed by atoms with Crippen LogP contribution in [0.3, 0.4) is 0 Å². The monoisotopic (exact) mass is 278 g/mol. The highest BCUT2D eigenvalue weighted by molar-refractivity contribution is 7.98. The first kappa shape index (κ1) is 12.1. The summed E-state index contributed by atoms with van der Waals surface area (Å²) in [5.74, 6) is 0. The number of hydrogen-bond donors (Lipinski definition) is 0. The summed E-state index contributed by atoms with van der Waals surface area (Å²) in [6, 6.07) is 0. The van der Waals surface area contributed by atoms with E-state index in [1.807, 2.05) is 24.2 Å². The van der Waals surface area contributed by atoms with Crippen molar-refractivity contribution in [1.82, 2.24) is 19.9 Å². The molecule has 0 aliphatic carbocycles. The van der Waals surface area contributed by atoms with Gasteiger partial charge in [-0.25, -0.2) is 9.97 Å². The van der Waals surface area contributed by atoms with Gasteiger partial charge in [0, 0.05) is 48.9 Å². The second kappa shape index (κ2) is 5.34. The lowest BCUT2D eigenvalue weighted by atomic mass is 10.1. The van der Waals surface area contributed by atoms with E-state index in [-0.39, 0.29) is 0 Å². The van der Waals surface area contributed by atoms with Crippen LogP contribution in [0.25, 0.3) is 0 Å². The third-order valence-electron chi connectivity index (χ3n) is 3.04. The maximum Gasteiger partial charge on any atom is 0.187 e. The largest absolute Gasteiger partial charge is 0.293 e. The number of nitrogens with zero attached hydrogens (tertiary/aromatic N) is 4. The fraction of sp³-hybridized carbons (Fsp3) is 0.417. The van der Waals surface area contributed by atoms with Gasteiger partial charge in [-0.3, -0.25) is 9.88 Å². The first-order valence-electron chi connectivity index (χ1n) is 5.83. The topological polar surface area (TPSA) is 41.9 Å². The van der Waals surface area contributed by atoms with Gasteiger partial charge < -0.3 is 0 Å². The molecular formula is C12H14N4S2. The molecule has 18 heavy (non-hydrogen) atoms. The third-order valence-corrected chi connectivity index (χ3v) is 4.36. The molecule has 0 unspecified atom stereocenters. The minimum Gasteiger partial charge on any atom is -0.293 e. The van der Waals surface area contributed by atoms with E-state index in [9.17, 15) is 0 Å². The van der Waals surface area contributed by atoms with Crippen LogP contribution in [0.4, 0.5) is 0 Å². The van der Waals surface area contributed by atoms with E-state index in [1.54, 1.807) is 23.1 Å². The third kappa shape index (κ3) is 2.55. The van der Waals surface area contributed by atoms with Crippen molar-refractivity contribution in [2.75, 3.05) is 12.8 Å². The predicted octanol–water partition coefficient (Wildman–Crippen LogP) is 2.21. The molecular weight excluding hydrogens is 264 g/mol. The highest BCUT2D eigenvalue weighted by Gasteiger charge is 2.18. The SMILES string of the molecule is CSc1ncc2c(n1)CCN(Cc1cncs1)C2. The normalized spacial score (nSPS) is 15.6. The standard InChI is InChI=1S/C12H14N4S2/c1-17-12-14-4-9-6-16(3-2-11(9)15-12)7-10-5-13-8-18-10/h4-5,8H,2-3,6-7H2,1H3. The summed E-state index contributed by atoms with van der Waals surface area (Å²) in [6.45, 7) is 2.99. The lowest BCUT2D eigenvalue weighted by molar-refractivity contribution is 0.244. The second-order valence-corrected chi connectivity index (χ2v) is 6.00. The summed E-state index contributed by atoms with van der Waals surface area (Å²) in [4.78, 5) is 16.8. The molecule has 0 spiro atoms. The fourth-order valence-electron chi connectivity index (χ4n) is 2.13. The van der Waals surface area contributed by atoms with E-state index in [1.165, 1.54) is 16.1 Å². The molecule has 0 N–H and O–H groups in total. The maximum absolute atomic E-state index is 4.58. The van der Waals surface area contributed by atoms with Gasteiger partial charge in [-0.15, -0.1) is 11.3 Å². The smallest absolute Gasteiger partial charge is 0.187 e. The minimum atomic E-state index is 0.879. The van der Waals surface area contributed by atoms with Gasteiger partial charge in [-0.1, -0.05) is 11.8 Å². The minimum absolute atomic E-state index is 0.879. The zero-order chi connectivity index (χ0) is 12.4. The molecule has 94 valence electrons. The second-order valence-electron chi connectivity index (χ2n) is 4.26. The number of rotatable bonds is 3. The van der Waals surface area contributed by atoms with Gasteiger partial charge in [-0.2, -0.15) is 0 Å². The van der Waals surface area contributed by atoms with Crippen LogP contribution in [0.5, 0.6) is 0 Å². The van der Waals surface area contributed by atoms with Crippen LogP contribution in [-0.2, 0) is 19.5 Å². The molecule has 6 heteroatoms. The zero-order valence-corrected chi connectivity index (χ0v) is 11.8. The highest BCUT2D eigenvalue weighted by Crippen LogP contribution is 2.21. The molecule has 0 aromatic carbocycles. The Morgan fingerprint density at radius 1 is 1.44 bits per heavy atom. The molecule has 0 bridgehead atoms. The fourth-order valence-corrected chi connectivity index (χ4v) is 3.13. The summed E-state index contributed by atoms with van der Waals surface area (Å²) >= 11 is 3.32. The average molecular weight is 278 g/mol. The van der Waals surface area contributed by atoms with Crippen LogP contribution < -0.4 is 0 Å². The molecule has 0 atom stereocenters. The average Bonchev–Trinajstić information content (AvgIpc) is 2.91. The van der Waals surface area contributed by atoms with E-state index in [0.29, 0.717) is 0 Å². The molecule has 0 saturated carbocycles. The van der Waals surface area contributed by atoms with Gasteiger partial charge >= 0.3 is 0 Å². The molecule has 3 rings (SSSR count).